The van der Waals surface area contributed by atoms with Crippen molar-refractivity contribution in [3.05, 3.63) is 0 Å². The van der Waals surface area contributed by atoms with Gasteiger partial charge in [0.15, 0.2) is 0 Å². The van der Waals surface area contributed by atoms with Gasteiger partial charge in [0, 0.05) is 12.5 Å². The van der Waals surface area contributed by atoms with Crippen molar-refractivity contribution in [2.24, 2.45) is 11.7 Å². The van der Waals surface area contributed by atoms with E-state index in [1.165, 1.54) is 4.90 Å². The van der Waals surface area contributed by atoms with Crippen molar-refractivity contribution < 1.29 is 14.7 Å². The zero-order valence-corrected chi connectivity index (χ0v) is 13.1. The van der Waals surface area contributed by atoms with Gasteiger partial charge in [-0.25, -0.2) is 0 Å². The number of nitrogens with two attached hydrogens (primary N) is 1. The molecule has 0 rings (SSSR count). The van der Waals surface area contributed by atoms with Gasteiger partial charge in [-0.2, -0.15) is 0 Å². The second-order valence-corrected chi connectivity index (χ2v) is 5.44. The van der Waals surface area contributed by atoms with E-state index in [0.29, 0.717) is 18.9 Å². The molecule has 20 heavy (non-hydrogen) atoms. The van der Waals surface area contributed by atoms with Gasteiger partial charge >= 0.3 is 5.97 Å². The average Bonchev–Trinajstić information content (AvgIpc) is 2.41. The molecule has 0 aromatic heterocycles. The molecule has 0 aliphatic heterocycles. The second kappa shape index (κ2) is 10.7. The van der Waals surface area contributed by atoms with Gasteiger partial charge in [-0.1, -0.05) is 26.7 Å². The van der Waals surface area contributed by atoms with Crippen LogP contribution in [-0.2, 0) is 9.59 Å². The molecule has 0 radical (unpaired) electrons. The number of carboxylic acid groups (broad SMARTS) is 1. The smallest absolute Gasteiger partial charge is 0.323 e. The maximum atomic E-state index is 12.2. The van der Waals surface area contributed by atoms with Crippen LogP contribution in [0.2, 0.25) is 0 Å². The molecule has 0 saturated carbocycles. The molecular weight excluding hydrogens is 256 g/mol. The van der Waals surface area contributed by atoms with E-state index in [-0.39, 0.29) is 18.5 Å². The van der Waals surface area contributed by atoms with E-state index in [4.69, 9.17) is 10.8 Å². The highest BCUT2D eigenvalue weighted by Crippen LogP contribution is 2.18. The lowest BCUT2D eigenvalue weighted by molar-refractivity contribution is -0.146. The first-order chi connectivity index (χ1) is 9.46. The topological polar surface area (TPSA) is 83.6 Å². The van der Waals surface area contributed by atoms with Crippen molar-refractivity contribution >= 4 is 11.9 Å². The van der Waals surface area contributed by atoms with E-state index in [1.807, 2.05) is 13.8 Å². The summed E-state index contributed by atoms with van der Waals surface area (Å²) < 4.78 is 0. The van der Waals surface area contributed by atoms with Crippen LogP contribution in [0.1, 0.15) is 59.3 Å². The van der Waals surface area contributed by atoms with Gasteiger partial charge in [0.1, 0.15) is 6.54 Å². The van der Waals surface area contributed by atoms with E-state index < -0.39 is 5.97 Å². The summed E-state index contributed by atoms with van der Waals surface area (Å²) >= 11 is 0. The summed E-state index contributed by atoms with van der Waals surface area (Å²) in [4.78, 5) is 24.6. The van der Waals surface area contributed by atoms with Crippen LogP contribution in [0.25, 0.3) is 0 Å². The molecule has 0 aromatic rings. The molecule has 0 aliphatic carbocycles. The van der Waals surface area contributed by atoms with Crippen LogP contribution < -0.4 is 5.73 Å². The minimum Gasteiger partial charge on any atom is -0.480 e. The standard InChI is InChI=1S/C15H30N2O3/c1-4-6-13(9-10-16)7-8-14(18)17(11-15(19)20)12(3)5-2/h12-13H,4-11,16H2,1-3H3,(H,19,20). The third-order valence-electron chi connectivity index (χ3n) is 3.79. The zero-order valence-electron chi connectivity index (χ0n) is 13.1. The van der Waals surface area contributed by atoms with E-state index in [2.05, 4.69) is 6.92 Å². The third kappa shape index (κ3) is 7.48. The van der Waals surface area contributed by atoms with Gasteiger partial charge in [0.25, 0.3) is 0 Å². The van der Waals surface area contributed by atoms with Gasteiger partial charge in [-0.15, -0.1) is 0 Å². The summed E-state index contributed by atoms with van der Waals surface area (Å²) in [6.45, 7) is 6.42. The van der Waals surface area contributed by atoms with Crippen LogP contribution in [0.4, 0.5) is 0 Å². The molecule has 2 atom stereocenters. The normalized spacial score (nSPS) is 13.8. The Labute approximate surface area is 122 Å². The molecule has 5 heteroatoms. The number of rotatable bonds is 11. The second-order valence-electron chi connectivity index (χ2n) is 5.44. The van der Waals surface area contributed by atoms with Gasteiger partial charge in [-0.3, -0.25) is 9.59 Å². The molecule has 5 nitrogen and oxygen atoms in total. The molecule has 0 saturated heterocycles. The summed E-state index contributed by atoms with van der Waals surface area (Å²) in [5, 5.41) is 8.91. The Morgan fingerprint density at radius 2 is 1.85 bits per heavy atom. The van der Waals surface area contributed by atoms with E-state index in [1.54, 1.807) is 0 Å². The van der Waals surface area contributed by atoms with Crippen LogP contribution in [0, 0.1) is 5.92 Å². The highest BCUT2D eigenvalue weighted by Gasteiger charge is 2.22. The lowest BCUT2D eigenvalue weighted by Gasteiger charge is -2.27. The molecule has 118 valence electrons. The minimum atomic E-state index is -0.953. The predicted molar refractivity (Wildman–Crippen MR) is 80.4 cm³/mol. The Morgan fingerprint density at radius 3 is 2.30 bits per heavy atom. The molecule has 3 N–H and O–H groups in total. The van der Waals surface area contributed by atoms with Crippen molar-refractivity contribution in [2.45, 2.75) is 65.3 Å². The number of nitrogens with zero attached hydrogens (tertiary/aromatic N) is 1. The van der Waals surface area contributed by atoms with Crippen molar-refractivity contribution in [3.8, 4) is 0 Å². The minimum absolute atomic E-state index is 0.0299. The number of hydrogen-bond acceptors (Lipinski definition) is 3. The molecule has 0 spiro atoms. The fourth-order valence-electron chi connectivity index (χ4n) is 2.40. The van der Waals surface area contributed by atoms with Crippen LogP contribution in [0.5, 0.6) is 0 Å². The lowest BCUT2D eigenvalue weighted by atomic mass is 9.94. The molecule has 2 unspecified atom stereocenters. The van der Waals surface area contributed by atoms with Gasteiger partial charge in [0.2, 0.25) is 5.91 Å². The van der Waals surface area contributed by atoms with Gasteiger partial charge in [0.05, 0.1) is 0 Å². The Kier molecular flexibility index (Phi) is 10.1. The summed E-state index contributed by atoms with van der Waals surface area (Å²) in [5.74, 6) is -0.539. The summed E-state index contributed by atoms with van der Waals surface area (Å²) in [5.41, 5.74) is 5.59. The molecule has 0 aromatic carbocycles. The van der Waals surface area contributed by atoms with Gasteiger partial charge < -0.3 is 15.7 Å². The zero-order chi connectivity index (χ0) is 15.5. The van der Waals surface area contributed by atoms with Gasteiger partial charge in [-0.05, 0) is 38.6 Å². The molecular formula is C15H30N2O3. The fourth-order valence-corrected chi connectivity index (χ4v) is 2.40. The molecule has 0 aliphatic rings. The van der Waals surface area contributed by atoms with Crippen molar-refractivity contribution in [3.63, 3.8) is 0 Å². The number of amides is 1. The maximum Gasteiger partial charge on any atom is 0.323 e. The monoisotopic (exact) mass is 286 g/mol. The maximum absolute atomic E-state index is 12.2. The predicted octanol–water partition coefficient (Wildman–Crippen LogP) is 2.24. The number of carboxylic acids is 1. The Hall–Kier alpha value is -1.10. The van der Waals surface area contributed by atoms with E-state index in [9.17, 15) is 9.59 Å². The molecule has 0 heterocycles. The SMILES string of the molecule is CCCC(CCN)CCC(=O)N(CC(=O)O)C(C)CC. The lowest BCUT2D eigenvalue weighted by Crippen LogP contribution is -2.41. The first kappa shape index (κ1) is 18.9. The first-order valence-corrected chi connectivity index (χ1v) is 7.67. The number of aliphatic carboxylic acids is 1. The van der Waals surface area contributed by atoms with E-state index in [0.717, 1.165) is 32.1 Å². The highest BCUT2D eigenvalue weighted by atomic mass is 16.4. The highest BCUT2D eigenvalue weighted by molar-refractivity contribution is 5.81. The Morgan fingerprint density at radius 1 is 1.20 bits per heavy atom. The molecule has 0 fully saturated rings. The summed E-state index contributed by atoms with van der Waals surface area (Å²) in [7, 11) is 0. The number of hydrogen-bond donors (Lipinski definition) is 2. The van der Waals surface area contributed by atoms with Crippen molar-refractivity contribution in [1.82, 2.24) is 4.90 Å². The number of carbonyl (C=O) groups excluding carboxylic acids is 1. The first-order valence-electron chi connectivity index (χ1n) is 7.67. The van der Waals surface area contributed by atoms with Crippen LogP contribution in [-0.4, -0.2) is 41.0 Å². The van der Waals surface area contributed by atoms with Crippen molar-refractivity contribution in [1.29, 1.82) is 0 Å². The van der Waals surface area contributed by atoms with Crippen LogP contribution in [0.3, 0.4) is 0 Å². The Bertz CT molecular complexity index is 289. The fraction of sp³-hybridized carbons (Fsp3) is 0.867. The molecule has 0 bridgehead atoms. The summed E-state index contributed by atoms with van der Waals surface area (Å²) in [6, 6.07) is -0.0299. The Balaban J connectivity index is 4.46. The quantitative estimate of drug-likeness (QED) is 0.610. The van der Waals surface area contributed by atoms with E-state index >= 15 is 0 Å². The largest absolute Gasteiger partial charge is 0.480 e. The number of carbonyl (C=O) groups is 2. The third-order valence-corrected chi connectivity index (χ3v) is 3.79. The molecule has 1 amide bonds. The van der Waals surface area contributed by atoms with Crippen LogP contribution in [0.15, 0.2) is 0 Å². The summed E-state index contributed by atoms with van der Waals surface area (Å²) in [6.07, 6.45) is 5.08. The average molecular weight is 286 g/mol. The van der Waals surface area contributed by atoms with Crippen molar-refractivity contribution in [2.75, 3.05) is 13.1 Å². The van der Waals surface area contributed by atoms with Crippen LogP contribution >= 0.6 is 0 Å².